The summed E-state index contributed by atoms with van der Waals surface area (Å²) in [7, 11) is 0. The molecule has 0 fully saturated rings. The lowest BCUT2D eigenvalue weighted by Gasteiger charge is -2.17. The molecular formula is C17H21N3O. The Kier molecular flexibility index (Phi) is 4.04. The van der Waals surface area contributed by atoms with Crippen LogP contribution in [0.3, 0.4) is 0 Å². The SMILES string of the molecule is CCNc1ncc(C)c(Oc2ccc3c(c2)CCCC3)n1. The van der Waals surface area contributed by atoms with Gasteiger partial charge in [-0.1, -0.05) is 6.07 Å². The van der Waals surface area contributed by atoms with Crippen LogP contribution in [0, 0.1) is 6.92 Å². The van der Waals surface area contributed by atoms with E-state index in [9.17, 15) is 0 Å². The predicted octanol–water partition coefficient (Wildman–Crippen LogP) is 3.89. The van der Waals surface area contributed by atoms with Crippen LogP contribution in [-0.4, -0.2) is 16.5 Å². The number of hydrogen-bond donors (Lipinski definition) is 1. The highest BCUT2D eigenvalue weighted by molar-refractivity contribution is 5.40. The zero-order chi connectivity index (χ0) is 14.7. The van der Waals surface area contributed by atoms with E-state index in [1.54, 1.807) is 6.20 Å². The minimum atomic E-state index is 0.607. The molecule has 110 valence electrons. The molecule has 0 unspecified atom stereocenters. The van der Waals surface area contributed by atoms with Gasteiger partial charge < -0.3 is 10.1 Å². The average Bonchev–Trinajstić information content (AvgIpc) is 2.51. The van der Waals surface area contributed by atoms with Gasteiger partial charge in [0.05, 0.1) is 0 Å². The molecule has 21 heavy (non-hydrogen) atoms. The molecule has 1 heterocycles. The number of rotatable bonds is 4. The molecule has 2 aromatic rings. The Morgan fingerprint density at radius 1 is 1.19 bits per heavy atom. The lowest BCUT2D eigenvalue weighted by atomic mass is 9.92. The van der Waals surface area contributed by atoms with Crippen LogP contribution in [0.5, 0.6) is 11.6 Å². The quantitative estimate of drug-likeness (QED) is 0.924. The molecule has 0 bridgehead atoms. The molecule has 1 aliphatic rings. The third-order valence-corrected chi connectivity index (χ3v) is 3.79. The topological polar surface area (TPSA) is 47.0 Å². The molecule has 0 atom stereocenters. The van der Waals surface area contributed by atoms with Crippen molar-refractivity contribution in [1.82, 2.24) is 9.97 Å². The Labute approximate surface area is 125 Å². The van der Waals surface area contributed by atoms with Crippen molar-refractivity contribution in [2.45, 2.75) is 39.5 Å². The van der Waals surface area contributed by atoms with Gasteiger partial charge >= 0.3 is 0 Å². The lowest BCUT2D eigenvalue weighted by Crippen LogP contribution is -2.05. The summed E-state index contributed by atoms with van der Waals surface area (Å²) < 4.78 is 5.97. The van der Waals surface area contributed by atoms with E-state index in [1.165, 1.54) is 30.4 Å². The molecule has 3 rings (SSSR count). The van der Waals surface area contributed by atoms with Crippen molar-refractivity contribution in [3.8, 4) is 11.6 Å². The van der Waals surface area contributed by atoms with E-state index in [0.29, 0.717) is 11.8 Å². The maximum Gasteiger partial charge on any atom is 0.226 e. The van der Waals surface area contributed by atoms with Gasteiger partial charge in [0.2, 0.25) is 11.8 Å². The lowest BCUT2D eigenvalue weighted by molar-refractivity contribution is 0.456. The van der Waals surface area contributed by atoms with Crippen LogP contribution in [0.1, 0.15) is 36.5 Å². The molecule has 0 spiro atoms. The van der Waals surface area contributed by atoms with Crippen LogP contribution in [0.15, 0.2) is 24.4 Å². The zero-order valence-corrected chi connectivity index (χ0v) is 12.6. The second-order valence-corrected chi connectivity index (χ2v) is 5.45. The summed E-state index contributed by atoms with van der Waals surface area (Å²) in [4.78, 5) is 8.66. The maximum absolute atomic E-state index is 5.97. The first-order valence-electron chi connectivity index (χ1n) is 7.63. The number of nitrogens with zero attached hydrogens (tertiary/aromatic N) is 2. The standard InChI is InChI=1S/C17H21N3O/c1-3-18-17-19-11-12(2)16(20-17)21-15-9-8-13-6-4-5-7-14(13)10-15/h8-11H,3-7H2,1-2H3,(H,18,19,20). The Bertz CT molecular complexity index is 640. The van der Waals surface area contributed by atoms with Gasteiger partial charge in [0.1, 0.15) is 5.75 Å². The normalized spacial score (nSPS) is 13.6. The van der Waals surface area contributed by atoms with Gasteiger partial charge in [0, 0.05) is 18.3 Å². The Morgan fingerprint density at radius 2 is 2.00 bits per heavy atom. The number of anilines is 1. The second-order valence-electron chi connectivity index (χ2n) is 5.45. The summed E-state index contributed by atoms with van der Waals surface area (Å²) in [6, 6.07) is 6.38. The number of ether oxygens (including phenoxy) is 1. The number of aryl methyl sites for hydroxylation is 3. The van der Waals surface area contributed by atoms with Crippen LogP contribution in [0.4, 0.5) is 5.95 Å². The van der Waals surface area contributed by atoms with Crippen molar-refractivity contribution >= 4 is 5.95 Å². The number of nitrogens with one attached hydrogen (secondary N) is 1. The number of fused-ring (bicyclic) bond motifs is 1. The third-order valence-electron chi connectivity index (χ3n) is 3.79. The first kappa shape index (κ1) is 13.9. The van der Waals surface area contributed by atoms with Gasteiger partial charge in [-0.2, -0.15) is 4.98 Å². The van der Waals surface area contributed by atoms with E-state index in [2.05, 4.69) is 27.4 Å². The smallest absolute Gasteiger partial charge is 0.226 e. The molecule has 1 aromatic carbocycles. The number of aromatic nitrogens is 2. The summed E-state index contributed by atoms with van der Waals surface area (Å²) in [6.07, 6.45) is 6.70. The van der Waals surface area contributed by atoms with Crippen LogP contribution >= 0.6 is 0 Å². The molecule has 1 aromatic heterocycles. The largest absolute Gasteiger partial charge is 0.439 e. The van der Waals surface area contributed by atoms with Crippen molar-refractivity contribution in [2.24, 2.45) is 0 Å². The molecule has 0 radical (unpaired) electrons. The fourth-order valence-electron chi connectivity index (χ4n) is 2.66. The van der Waals surface area contributed by atoms with Crippen LogP contribution in [0.2, 0.25) is 0 Å². The van der Waals surface area contributed by atoms with Gasteiger partial charge in [0.25, 0.3) is 0 Å². The molecular weight excluding hydrogens is 262 g/mol. The summed E-state index contributed by atoms with van der Waals surface area (Å²) in [5.41, 5.74) is 3.81. The fourth-order valence-corrected chi connectivity index (χ4v) is 2.66. The van der Waals surface area contributed by atoms with Gasteiger partial charge in [-0.3, -0.25) is 0 Å². The van der Waals surface area contributed by atoms with Gasteiger partial charge in [0.15, 0.2) is 0 Å². The second kappa shape index (κ2) is 6.12. The van der Waals surface area contributed by atoms with Crippen molar-refractivity contribution in [2.75, 3.05) is 11.9 Å². The van der Waals surface area contributed by atoms with E-state index >= 15 is 0 Å². The summed E-state index contributed by atoms with van der Waals surface area (Å²) in [5, 5.41) is 3.11. The first-order valence-corrected chi connectivity index (χ1v) is 7.63. The van der Waals surface area contributed by atoms with Crippen molar-refractivity contribution in [3.63, 3.8) is 0 Å². The molecule has 0 saturated carbocycles. The molecule has 1 N–H and O–H groups in total. The number of hydrogen-bond acceptors (Lipinski definition) is 4. The first-order chi connectivity index (χ1) is 10.3. The maximum atomic E-state index is 5.97. The Morgan fingerprint density at radius 3 is 2.81 bits per heavy atom. The molecule has 4 heteroatoms. The number of benzene rings is 1. The van der Waals surface area contributed by atoms with E-state index in [4.69, 9.17) is 4.74 Å². The third kappa shape index (κ3) is 3.15. The molecule has 1 aliphatic carbocycles. The van der Waals surface area contributed by atoms with Crippen LogP contribution < -0.4 is 10.1 Å². The van der Waals surface area contributed by atoms with Crippen molar-refractivity contribution in [1.29, 1.82) is 0 Å². The molecule has 0 saturated heterocycles. The summed E-state index contributed by atoms with van der Waals surface area (Å²) in [5.74, 6) is 2.09. The monoisotopic (exact) mass is 283 g/mol. The van der Waals surface area contributed by atoms with Crippen molar-refractivity contribution < 1.29 is 4.74 Å². The zero-order valence-electron chi connectivity index (χ0n) is 12.6. The minimum absolute atomic E-state index is 0.607. The van der Waals surface area contributed by atoms with Crippen LogP contribution in [-0.2, 0) is 12.8 Å². The summed E-state index contributed by atoms with van der Waals surface area (Å²) >= 11 is 0. The van der Waals surface area contributed by atoms with Gasteiger partial charge in [-0.05, 0) is 62.8 Å². The highest BCUT2D eigenvalue weighted by Gasteiger charge is 2.11. The summed E-state index contributed by atoms with van der Waals surface area (Å²) in [6.45, 7) is 4.78. The van der Waals surface area contributed by atoms with E-state index in [1.807, 2.05) is 19.9 Å². The molecule has 0 amide bonds. The van der Waals surface area contributed by atoms with Crippen LogP contribution in [0.25, 0.3) is 0 Å². The molecule has 0 aliphatic heterocycles. The Balaban J connectivity index is 1.84. The average molecular weight is 283 g/mol. The van der Waals surface area contributed by atoms with Gasteiger partial charge in [-0.25, -0.2) is 4.98 Å². The van der Waals surface area contributed by atoms with Gasteiger partial charge in [-0.15, -0.1) is 0 Å². The predicted molar refractivity (Wildman–Crippen MR) is 84.1 cm³/mol. The van der Waals surface area contributed by atoms with E-state index in [0.717, 1.165) is 24.3 Å². The van der Waals surface area contributed by atoms with E-state index < -0.39 is 0 Å². The fraction of sp³-hybridized carbons (Fsp3) is 0.412. The minimum Gasteiger partial charge on any atom is -0.439 e. The Hall–Kier alpha value is -2.10. The van der Waals surface area contributed by atoms with Crippen molar-refractivity contribution in [3.05, 3.63) is 41.1 Å². The highest BCUT2D eigenvalue weighted by atomic mass is 16.5. The van der Waals surface area contributed by atoms with E-state index in [-0.39, 0.29) is 0 Å². The molecule has 4 nitrogen and oxygen atoms in total. The highest BCUT2D eigenvalue weighted by Crippen LogP contribution is 2.29.